The summed E-state index contributed by atoms with van der Waals surface area (Å²) in [6.45, 7) is 5.96. The second kappa shape index (κ2) is 9.35. The van der Waals surface area contributed by atoms with Crippen molar-refractivity contribution in [3.05, 3.63) is 95.1 Å². The number of sulfonamides is 1. The van der Waals surface area contributed by atoms with Crippen LogP contribution in [0.3, 0.4) is 0 Å². The van der Waals surface area contributed by atoms with Gasteiger partial charge in [0.25, 0.3) is 15.9 Å². The van der Waals surface area contributed by atoms with Crippen LogP contribution in [0, 0.1) is 13.8 Å². The molecule has 0 saturated heterocycles. The number of carbonyl (C=O) groups excluding carboxylic acids is 1. The van der Waals surface area contributed by atoms with Crippen LogP contribution in [0.1, 0.15) is 46.4 Å². The van der Waals surface area contributed by atoms with Gasteiger partial charge in [-0.3, -0.25) is 9.10 Å². The van der Waals surface area contributed by atoms with Crippen LogP contribution in [-0.2, 0) is 10.0 Å². The molecule has 0 aliphatic heterocycles. The molecule has 1 atom stereocenters. The molecule has 1 unspecified atom stereocenters. The number of nitrogens with one attached hydrogen (secondary N) is 1. The van der Waals surface area contributed by atoms with Crippen molar-refractivity contribution in [3.63, 3.8) is 0 Å². The fourth-order valence-electron chi connectivity index (χ4n) is 3.29. The topological polar surface area (TPSA) is 66.5 Å². The molecule has 0 spiro atoms. The first-order valence-corrected chi connectivity index (χ1v) is 11.7. The van der Waals surface area contributed by atoms with E-state index in [0.717, 1.165) is 17.5 Å². The molecule has 31 heavy (non-hydrogen) atoms. The van der Waals surface area contributed by atoms with Crippen LogP contribution in [0.25, 0.3) is 0 Å². The van der Waals surface area contributed by atoms with Crippen LogP contribution >= 0.6 is 0 Å². The van der Waals surface area contributed by atoms with E-state index < -0.39 is 10.0 Å². The van der Waals surface area contributed by atoms with Crippen LogP contribution in [-0.4, -0.2) is 21.4 Å². The van der Waals surface area contributed by atoms with Gasteiger partial charge in [0.05, 0.1) is 16.6 Å². The molecule has 0 radical (unpaired) electrons. The first-order valence-electron chi connectivity index (χ1n) is 10.3. The third kappa shape index (κ3) is 5.14. The Bertz CT molecular complexity index is 1140. The third-order valence-corrected chi connectivity index (χ3v) is 7.17. The third-order valence-electron chi connectivity index (χ3n) is 5.37. The maximum absolute atomic E-state index is 12.9. The molecule has 3 rings (SSSR count). The van der Waals surface area contributed by atoms with Gasteiger partial charge in [0, 0.05) is 12.6 Å². The number of rotatable bonds is 7. The normalized spacial score (nSPS) is 12.3. The van der Waals surface area contributed by atoms with Gasteiger partial charge < -0.3 is 5.32 Å². The highest BCUT2D eigenvalue weighted by Crippen LogP contribution is 2.23. The lowest BCUT2D eigenvalue weighted by molar-refractivity contribution is 0.0935. The predicted molar refractivity (Wildman–Crippen MR) is 125 cm³/mol. The van der Waals surface area contributed by atoms with Gasteiger partial charge in [-0.15, -0.1) is 0 Å². The van der Waals surface area contributed by atoms with Crippen molar-refractivity contribution in [1.82, 2.24) is 5.32 Å². The van der Waals surface area contributed by atoms with Crippen molar-refractivity contribution in [3.8, 4) is 0 Å². The number of anilines is 1. The highest BCUT2D eigenvalue weighted by atomic mass is 32.2. The molecule has 3 aromatic rings. The fourth-order valence-corrected chi connectivity index (χ4v) is 4.49. The number of hydrogen-bond donors (Lipinski definition) is 1. The lowest BCUT2D eigenvalue weighted by atomic mass is 10.0. The van der Waals surface area contributed by atoms with Crippen molar-refractivity contribution in [1.29, 1.82) is 0 Å². The van der Waals surface area contributed by atoms with Crippen molar-refractivity contribution < 1.29 is 13.2 Å². The Morgan fingerprint density at radius 3 is 1.90 bits per heavy atom. The molecular formula is C25H28N2O3S. The van der Waals surface area contributed by atoms with Crippen molar-refractivity contribution in [2.45, 2.75) is 38.1 Å². The summed E-state index contributed by atoms with van der Waals surface area (Å²) in [6.07, 6.45) is 0.768. The van der Waals surface area contributed by atoms with Crippen LogP contribution in [0.2, 0.25) is 0 Å². The van der Waals surface area contributed by atoms with Crippen LogP contribution in [0.15, 0.2) is 77.7 Å². The lowest BCUT2D eigenvalue weighted by Gasteiger charge is -2.20. The number of benzene rings is 3. The maximum Gasteiger partial charge on any atom is 0.264 e. The Hall–Kier alpha value is -3.12. The lowest BCUT2D eigenvalue weighted by Crippen LogP contribution is -2.28. The van der Waals surface area contributed by atoms with E-state index in [2.05, 4.69) is 5.32 Å². The minimum Gasteiger partial charge on any atom is -0.345 e. The molecule has 1 amide bonds. The van der Waals surface area contributed by atoms with Gasteiger partial charge in [0.1, 0.15) is 0 Å². The van der Waals surface area contributed by atoms with Gasteiger partial charge in [-0.25, -0.2) is 8.42 Å². The van der Waals surface area contributed by atoms with Crippen molar-refractivity contribution >= 4 is 21.6 Å². The predicted octanol–water partition coefficient (Wildman–Crippen LogP) is 5.01. The first kappa shape index (κ1) is 22.6. The highest BCUT2D eigenvalue weighted by Gasteiger charge is 2.21. The minimum atomic E-state index is -3.67. The van der Waals surface area contributed by atoms with E-state index in [1.165, 1.54) is 16.9 Å². The Morgan fingerprint density at radius 2 is 1.39 bits per heavy atom. The molecule has 1 N–H and O–H groups in total. The molecule has 6 heteroatoms. The Kier molecular flexibility index (Phi) is 6.81. The largest absolute Gasteiger partial charge is 0.345 e. The number of carbonyl (C=O) groups is 1. The molecular weight excluding hydrogens is 408 g/mol. The molecule has 0 saturated carbocycles. The van der Waals surface area contributed by atoms with Gasteiger partial charge in [-0.2, -0.15) is 0 Å². The Labute approximate surface area is 184 Å². The zero-order chi connectivity index (χ0) is 22.6. The number of hydrogen-bond acceptors (Lipinski definition) is 3. The summed E-state index contributed by atoms with van der Waals surface area (Å²) in [7, 11) is -2.16. The Balaban J connectivity index is 1.74. The minimum absolute atomic E-state index is 0.0858. The van der Waals surface area contributed by atoms with Gasteiger partial charge in [-0.1, -0.05) is 54.4 Å². The summed E-state index contributed by atoms with van der Waals surface area (Å²) < 4.78 is 27.0. The first-order chi connectivity index (χ1) is 14.7. The Morgan fingerprint density at radius 1 is 0.871 bits per heavy atom. The zero-order valence-electron chi connectivity index (χ0n) is 18.3. The zero-order valence-corrected chi connectivity index (χ0v) is 19.1. The molecule has 3 aromatic carbocycles. The quantitative estimate of drug-likeness (QED) is 0.566. The molecule has 0 aliphatic carbocycles. The van der Waals surface area contributed by atoms with E-state index >= 15 is 0 Å². The van der Waals surface area contributed by atoms with Crippen molar-refractivity contribution in [2.24, 2.45) is 0 Å². The average molecular weight is 437 g/mol. The monoisotopic (exact) mass is 436 g/mol. The van der Waals surface area contributed by atoms with Crippen LogP contribution in [0.4, 0.5) is 5.69 Å². The smallest absolute Gasteiger partial charge is 0.264 e. The second-order valence-electron chi connectivity index (χ2n) is 7.68. The van der Waals surface area contributed by atoms with E-state index in [0.29, 0.717) is 11.3 Å². The second-order valence-corrected chi connectivity index (χ2v) is 9.65. The van der Waals surface area contributed by atoms with Crippen LogP contribution < -0.4 is 9.62 Å². The van der Waals surface area contributed by atoms with E-state index in [1.807, 2.05) is 45.0 Å². The molecule has 0 aromatic heterocycles. The van der Waals surface area contributed by atoms with E-state index in [-0.39, 0.29) is 16.8 Å². The summed E-state index contributed by atoms with van der Waals surface area (Å²) in [5, 5.41) is 3.06. The number of amides is 1. The standard InChI is InChI=1S/C25H28N2O3S/c1-5-24(20-10-6-18(2)7-11-20)26-25(28)21-12-14-22(15-13-21)27(4)31(29,30)23-16-8-19(3)9-17-23/h6-17,24H,5H2,1-4H3,(H,26,28). The molecule has 0 bridgehead atoms. The SMILES string of the molecule is CCC(NC(=O)c1ccc(N(C)S(=O)(=O)c2ccc(C)cc2)cc1)c1ccc(C)cc1. The summed E-state index contributed by atoms with van der Waals surface area (Å²) >= 11 is 0. The van der Waals surface area contributed by atoms with E-state index in [9.17, 15) is 13.2 Å². The maximum atomic E-state index is 12.9. The fraction of sp³-hybridized carbons (Fsp3) is 0.240. The molecule has 5 nitrogen and oxygen atoms in total. The molecule has 0 fully saturated rings. The summed E-state index contributed by atoms with van der Waals surface area (Å²) in [4.78, 5) is 13.0. The molecule has 0 heterocycles. The van der Waals surface area contributed by atoms with E-state index in [1.54, 1.807) is 48.5 Å². The number of nitrogens with zero attached hydrogens (tertiary/aromatic N) is 1. The molecule has 162 valence electrons. The molecule has 0 aliphatic rings. The highest BCUT2D eigenvalue weighted by molar-refractivity contribution is 7.92. The van der Waals surface area contributed by atoms with Gasteiger partial charge in [0.15, 0.2) is 0 Å². The summed E-state index contributed by atoms with van der Waals surface area (Å²) in [6, 6.07) is 21.3. The van der Waals surface area contributed by atoms with Gasteiger partial charge >= 0.3 is 0 Å². The average Bonchev–Trinajstić information content (AvgIpc) is 2.78. The van der Waals surface area contributed by atoms with Gasteiger partial charge in [0.2, 0.25) is 0 Å². The summed E-state index contributed by atoms with van der Waals surface area (Å²) in [5.74, 6) is -0.192. The summed E-state index contributed by atoms with van der Waals surface area (Å²) in [5.41, 5.74) is 4.19. The van der Waals surface area contributed by atoms with Crippen LogP contribution in [0.5, 0.6) is 0 Å². The number of aryl methyl sites for hydroxylation is 2. The van der Waals surface area contributed by atoms with Crippen molar-refractivity contribution in [2.75, 3.05) is 11.4 Å². The van der Waals surface area contributed by atoms with E-state index in [4.69, 9.17) is 0 Å². The van der Waals surface area contributed by atoms with Gasteiger partial charge in [-0.05, 0) is 62.2 Å².